The molecule has 0 radical (unpaired) electrons. The van der Waals surface area contributed by atoms with Gasteiger partial charge in [0.05, 0.1) is 17.2 Å². The first-order valence-corrected chi connectivity index (χ1v) is 18.9. The van der Waals surface area contributed by atoms with E-state index in [2.05, 4.69) is 26.4 Å². The second-order valence-corrected chi connectivity index (χ2v) is 15.1. The average Bonchev–Trinajstić information content (AvgIpc) is 3.75. The number of hydrogen-bond acceptors (Lipinski definition) is 4. The van der Waals surface area contributed by atoms with Crippen molar-refractivity contribution in [3.63, 3.8) is 0 Å². The molecule has 2 aliphatic heterocycles. The first kappa shape index (κ1) is 34.2. The highest BCUT2D eigenvalue weighted by molar-refractivity contribution is 7.90. The van der Waals surface area contributed by atoms with Gasteiger partial charge in [0.1, 0.15) is 5.82 Å². The minimum absolute atomic E-state index is 0.0664. The summed E-state index contributed by atoms with van der Waals surface area (Å²) in [5, 5.41) is 8.81. The SMILES string of the molecule is O=S(=O)(N=C(N1CCN(CCCCc2c[nH]c3ccc(F)cc23)CC1)N1C[C@H](c2ccccc2)C(c2ccc(Cl)cc2)=N1)c1ccc(Cl)cc1. The van der Waals surface area contributed by atoms with E-state index in [1.165, 1.54) is 18.2 Å². The van der Waals surface area contributed by atoms with Gasteiger partial charge in [0, 0.05) is 59.2 Å². The van der Waals surface area contributed by atoms with Crippen LogP contribution in [0.1, 0.15) is 35.4 Å². The number of benzene rings is 4. The van der Waals surface area contributed by atoms with E-state index in [9.17, 15) is 12.8 Å². The van der Waals surface area contributed by atoms with Gasteiger partial charge in [-0.1, -0.05) is 65.7 Å². The number of piperazine rings is 1. The molecule has 1 fully saturated rings. The standard InChI is InChI=1S/C38H37Cl2FN6O2S/c39-30-11-9-28(10-12-30)37-35(27-6-2-1-3-7-27)26-47(43-37)38(44-50(48,49)33-16-13-31(40)14-17-33)46-22-20-45(21-23-46)19-5-4-8-29-25-42-36-18-15-32(41)24-34(29)36/h1-3,6-7,9-18,24-25,35,42H,4-5,8,19-23,26H2/t35-/m1/s1. The van der Waals surface area contributed by atoms with Crippen molar-refractivity contribution in [2.24, 2.45) is 9.50 Å². The average molecular weight is 732 g/mol. The Hall–Kier alpha value is -4.22. The van der Waals surface area contributed by atoms with E-state index in [1.807, 2.05) is 53.6 Å². The van der Waals surface area contributed by atoms with Gasteiger partial charge in [-0.2, -0.15) is 13.5 Å². The van der Waals surface area contributed by atoms with Crippen molar-refractivity contribution >= 4 is 55.8 Å². The highest BCUT2D eigenvalue weighted by Gasteiger charge is 2.35. The number of hydrogen-bond donors (Lipinski definition) is 1. The largest absolute Gasteiger partial charge is 0.361 e. The van der Waals surface area contributed by atoms with E-state index >= 15 is 0 Å². The molecule has 8 nitrogen and oxygen atoms in total. The maximum Gasteiger partial charge on any atom is 0.285 e. The molecule has 0 unspecified atom stereocenters. The number of fused-ring (bicyclic) bond motifs is 1. The summed E-state index contributed by atoms with van der Waals surface area (Å²) >= 11 is 12.3. The molecule has 0 bridgehead atoms. The number of unbranched alkanes of at least 4 members (excludes halogenated alkanes) is 1. The van der Waals surface area contributed by atoms with E-state index in [-0.39, 0.29) is 16.6 Å². The highest BCUT2D eigenvalue weighted by Crippen LogP contribution is 2.31. The van der Waals surface area contributed by atoms with Crippen LogP contribution in [-0.4, -0.2) is 79.2 Å². The van der Waals surface area contributed by atoms with Crippen LogP contribution in [-0.2, 0) is 16.4 Å². The molecule has 0 amide bonds. The lowest BCUT2D eigenvalue weighted by molar-refractivity contribution is 0.168. The molecule has 50 heavy (non-hydrogen) atoms. The molecule has 1 N–H and O–H groups in total. The van der Waals surface area contributed by atoms with E-state index in [0.29, 0.717) is 35.6 Å². The Kier molecular flexibility index (Phi) is 10.2. The topological polar surface area (TPSA) is 84.4 Å². The van der Waals surface area contributed by atoms with Crippen molar-refractivity contribution < 1.29 is 12.8 Å². The van der Waals surface area contributed by atoms with E-state index in [4.69, 9.17) is 28.3 Å². The molecule has 1 aromatic heterocycles. The van der Waals surface area contributed by atoms with Gasteiger partial charge in [0.2, 0.25) is 5.96 Å². The molecule has 1 atom stereocenters. The van der Waals surface area contributed by atoms with E-state index < -0.39 is 10.0 Å². The number of guanidine groups is 1. The number of aromatic nitrogens is 1. The maximum atomic E-state index is 13.8. The first-order valence-electron chi connectivity index (χ1n) is 16.7. The molecular weight excluding hydrogens is 694 g/mol. The fourth-order valence-electron chi connectivity index (χ4n) is 6.67. The number of nitrogens with one attached hydrogen (secondary N) is 1. The van der Waals surface area contributed by atoms with Gasteiger partial charge in [-0.05, 0) is 97.1 Å². The van der Waals surface area contributed by atoms with Crippen LogP contribution in [0, 0.1) is 5.82 Å². The number of aryl methyl sites for hydroxylation is 1. The third-order valence-corrected chi connectivity index (χ3v) is 11.1. The molecule has 0 aliphatic carbocycles. The quantitative estimate of drug-likeness (QED) is 0.0951. The Morgan fingerprint density at radius 2 is 1.58 bits per heavy atom. The molecular formula is C38H37Cl2FN6O2S. The molecule has 7 rings (SSSR count). The van der Waals surface area contributed by atoms with Gasteiger partial charge in [0.25, 0.3) is 10.0 Å². The maximum absolute atomic E-state index is 13.8. The first-order chi connectivity index (χ1) is 24.2. The number of halogens is 3. The summed E-state index contributed by atoms with van der Waals surface area (Å²) in [7, 11) is -4.08. The molecule has 258 valence electrons. The van der Waals surface area contributed by atoms with Crippen LogP contribution in [0.3, 0.4) is 0 Å². The van der Waals surface area contributed by atoms with Gasteiger partial charge in [-0.25, -0.2) is 9.40 Å². The van der Waals surface area contributed by atoms with E-state index in [1.54, 1.807) is 29.3 Å². The van der Waals surface area contributed by atoms with Crippen molar-refractivity contribution in [3.05, 3.63) is 136 Å². The summed E-state index contributed by atoms with van der Waals surface area (Å²) in [6.45, 7) is 4.03. The van der Waals surface area contributed by atoms with Crippen LogP contribution >= 0.6 is 23.2 Å². The summed E-state index contributed by atoms with van der Waals surface area (Å²) < 4.78 is 45.8. The Morgan fingerprint density at radius 1 is 0.880 bits per heavy atom. The number of sulfonamides is 1. The van der Waals surface area contributed by atoms with Gasteiger partial charge >= 0.3 is 0 Å². The predicted octanol–water partition coefficient (Wildman–Crippen LogP) is 7.80. The van der Waals surface area contributed by atoms with Crippen LogP contribution in [0.4, 0.5) is 4.39 Å². The molecule has 0 spiro atoms. The second-order valence-electron chi connectivity index (χ2n) is 12.6. The normalized spacial score (nSPS) is 17.5. The monoisotopic (exact) mass is 730 g/mol. The Bertz CT molecular complexity index is 2110. The number of nitrogens with zero attached hydrogens (tertiary/aromatic N) is 5. The van der Waals surface area contributed by atoms with Gasteiger partial charge in [-0.3, -0.25) is 4.90 Å². The summed E-state index contributed by atoms with van der Waals surface area (Å²) in [4.78, 5) is 7.73. The van der Waals surface area contributed by atoms with Crippen LogP contribution < -0.4 is 0 Å². The fraction of sp³-hybridized carbons (Fsp3) is 0.263. The second kappa shape index (κ2) is 14.9. The Morgan fingerprint density at radius 3 is 2.30 bits per heavy atom. The molecule has 2 aliphatic rings. The summed E-state index contributed by atoms with van der Waals surface area (Å²) in [5.74, 6) is -0.0386. The third-order valence-electron chi connectivity index (χ3n) is 9.36. The van der Waals surface area contributed by atoms with Crippen molar-refractivity contribution in [2.75, 3.05) is 39.3 Å². The number of hydrazone groups is 1. The lowest BCUT2D eigenvalue weighted by Crippen LogP contribution is -2.52. The fourth-order valence-corrected chi connectivity index (χ4v) is 7.93. The molecule has 3 heterocycles. The third kappa shape index (κ3) is 7.73. The summed E-state index contributed by atoms with van der Waals surface area (Å²) in [6.07, 6.45) is 4.82. The lowest BCUT2D eigenvalue weighted by Gasteiger charge is -2.38. The Balaban J connectivity index is 1.10. The zero-order valence-corrected chi connectivity index (χ0v) is 29.7. The van der Waals surface area contributed by atoms with E-state index in [0.717, 1.165) is 72.2 Å². The van der Waals surface area contributed by atoms with Crippen molar-refractivity contribution in [1.82, 2.24) is 19.8 Å². The summed E-state index contributed by atoms with van der Waals surface area (Å²) in [6, 6.07) is 28.6. The molecule has 4 aromatic carbocycles. The predicted molar refractivity (Wildman–Crippen MR) is 199 cm³/mol. The van der Waals surface area contributed by atoms with Crippen LogP contribution in [0.5, 0.6) is 0 Å². The smallest absolute Gasteiger partial charge is 0.285 e. The molecule has 1 saturated heterocycles. The van der Waals surface area contributed by atoms with Gasteiger partial charge < -0.3 is 9.88 Å². The Labute approximate surface area is 301 Å². The number of aromatic amines is 1. The van der Waals surface area contributed by atoms with Crippen LogP contribution in [0.25, 0.3) is 10.9 Å². The van der Waals surface area contributed by atoms with Crippen LogP contribution in [0.2, 0.25) is 10.0 Å². The zero-order chi connectivity index (χ0) is 34.7. The minimum Gasteiger partial charge on any atom is -0.361 e. The zero-order valence-electron chi connectivity index (χ0n) is 27.4. The lowest BCUT2D eigenvalue weighted by atomic mass is 9.91. The molecule has 0 saturated carbocycles. The summed E-state index contributed by atoms with van der Waals surface area (Å²) in [5.41, 5.74) is 4.89. The minimum atomic E-state index is -4.08. The van der Waals surface area contributed by atoms with Crippen molar-refractivity contribution in [3.8, 4) is 0 Å². The van der Waals surface area contributed by atoms with Gasteiger partial charge in [-0.15, -0.1) is 4.40 Å². The molecule has 12 heteroatoms. The highest BCUT2D eigenvalue weighted by atomic mass is 35.5. The van der Waals surface area contributed by atoms with Crippen molar-refractivity contribution in [1.29, 1.82) is 0 Å². The molecule has 5 aromatic rings. The number of rotatable bonds is 9. The van der Waals surface area contributed by atoms with Gasteiger partial charge in [0.15, 0.2) is 0 Å². The number of H-pyrrole nitrogens is 1. The van der Waals surface area contributed by atoms with Crippen LogP contribution in [0.15, 0.2) is 118 Å². The van der Waals surface area contributed by atoms with Crippen molar-refractivity contribution in [2.45, 2.75) is 30.1 Å².